The van der Waals surface area contributed by atoms with Crippen LogP contribution in [0.25, 0.3) is 0 Å². The van der Waals surface area contributed by atoms with Crippen LogP contribution in [0.15, 0.2) is 24.3 Å². The molecule has 82 valence electrons. The van der Waals surface area contributed by atoms with Gasteiger partial charge in [-0.2, -0.15) is 0 Å². The molecule has 0 aliphatic rings. The summed E-state index contributed by atoms with van der Waals surface area (Å²) in [4.78, 5) is 11.9. The molecule has 2 N–H and O–H groups in total. The number of rotatable bonds is 4. The third-order valence-electron chi connectivity index (χ3n) is 2.72. The Kier molecular flexibility index (Phi) is 3.86. The summed E-state index contributed by atoms with van der Waals surface area (Å²) in [6.07, 6.45) is 0. The van der Waals surface area contributed by atoms with Gasteiger partial charge in [-0.05, 0) is 18.1 Å². The van der Waals surface area contributed by atoms with Crippen LogP contribution in [-0.2, 0) is 0 Å². The lowest BCUT2D eigenvalue weighted by Gasteiger charge is -2.16. The highest BCUT2D eigenvalue weighted by Crippen LogP contribution is 2.23. The van der Waals surface area contributed by atoms with E-state index in [9.17, 15) is 9.90 Å². The van der Waals surface area contributed by atoms with Gasteiger partial charge in [0.05, 0.1) is 5.56 Å². The fourth-order valence-electron chi connectivity index (χ4n) is 1.34. The number of benzene rings is 1. The average molecular weight is 208 g/mol. The van der Waals surface area contributed by atoms with Crippen LogP contribution in [0.3, 0.4) is 0 Å². The second kappa shape index (κ2) is 4.94. The van der Waals surface area contributed by atoms with Gasteiger partial charge in [0.1, 0.15) is 5.75 Å². The largest absolute Gasteiger partial charge is 0.507 e. The number of Topliss-reactive ketones (excluding diaryl/α,β-unsaturated/α-hetero) is 1. The lowest BCUT2D eigenvalue weighted by atomic mass is 9.88. The SMILES string of the molecule is CC(CO)C(C)C(=O)c1ccccc1O. The molecule has 0 radical (unpaired) electrons. The second-order valence-corrected chi connectivity index (χ2v) is 3.83. The topological polar surface area (TPSA) is 57.5 Å². The van der Waals surface area contributed by atoms with E-state index in [2.05, 4.69) is 0 Å². The highest BCUT2D eigenvalue weighted by atomic mass is 16.3. The van der Waals surface area contributed by atoms with Crippen molar-refractivity contribution in [3.8, 4) is 5.75 Å². The van der Waals surface area contributed by atoms with Gasteiger partial charge < -0.3 is 10.2 Å². The van der Waals surface area contributed by atoms with E-state index in [0.29, 0.717) is 5.56 Å². The van der Waals surface area contributed by atoms with Gasteiger partial charge in [-0.25, -0.2) is 0 Å². The number of aromatic hydroxyl groups is 1. The zero-order valence-corrected chi connectivity index (χ0v) is 8.97. The molecule has 3 nitrogen and oxygen atoms in total. The van der Waals surface area contributed by atoms with Crippen molar-refractivity contribution in [2.75, 3.05) is 6.61 Å². The number of phenols is 1. The summed E-state index contributed by atoms with van der Waals surface area (Å²) in [7, 11) is 0. The van der Waals surface area contributed by atoms with Crippen LogP contribution in [0, 0.1) is 11.8 Å². The maximum absolute atomic E-state index is 11.9. The Labute approximate surface area is 89.4 Å². The summed E-state index contributed by atoms with van der Waals surface area (Å²) < 4.78 is 0. The van der Waals surface area contributed by atoms with Crippen LogP contribution in [0.5, 0.6) is 5.75 Å². The number of para-hydroxylation sites is 1. The van der Waals surface area contributed by atoms with Gasteiger partial charge in [-0.15, -0.1) is 0 Å². The Balaban J connectivity index is 2.90. The van der Waals surface area contributed by atoms with Crippen molar-refractivity contribution in [2.24, 2.45) is 11.8 Å². The van der Waals surface area contributed by atoms with E-state index in [0.717, 1.165) is 0 Å². The van der Waals surface area contributed by atoms with Crippen molar-refractivity contribution in [3.05, 3.63) is 29.8 Å². The van der Waals surface area contributed by atoms with Crippen LogP contribution >= 0.6 is 0 Å². The Morgan fingerprint density at radius 1 is 1.33 bits per heavy atom. The fourth-order valence-corrected chi connectivity index (χ4v) is 1.34. The first-order valence-electron chi connectivity index (χ1n) is 5.01. The highest BCUT2D eigenvalue weighted by molar-refractivity contribution is 6.00. The van der Waals surface area contributed by atoms with E-state index >= 15 is 0 Å². The van der Waals surface area contributed by atoms with Gasteiger partial charge in [0.15, 0.2) is 5.78 Å². The molecule has 0 bridgehead atoms. The summed E-state index contributed by atoms with van der Waals surface area (Å²) in [5.41, 5.74) is 0.324. The third-order valence-corrected chi connectivity index (χ3v) is 2.72. The average Bonchev–Trinajstić information content (AvgIpc) is 2.26. The maximum atomic E-state index is 11.9. The van der Waals surface area contributed by atoms with E-state index in [1.165, 1.54) is 6.07 Å². The summed E-state index contributed by atoms with van der Waals surface area (Å²) in [5, 5.41) is 18.5. The standard InChI is InChI=1S/C12H16O3/c1-8(7-13)9(2)12(15)10-5-3-4-6-11(10)14/h3-6,8-9,13-14H,7H2,1-2H3. The number of hydrogen-bond acceptors (Lipinski definition) is 3. The molecule has 1 rings (SSSR count). The molecule has 0 fully saturated rings. The first-order valence-corrected chi connectivity index (χ1v) is 5.01. The van der Waals surface area contributed by atoms with Crippen molar-refractivity contribution in [2.45, 2.75) is 13.8 Å². The number of hydrogen-bond donors (Lipinski definition) is 2. The Hall–Kier alpha value is -1.35. The zero-order chi connectivity index (χ0) is 11.4. The molecule has 1 aromatic carbocycles. The number of phenolic OH excluding ortho intramolecular Hbond substituents is 1. The summed E-state index contributed by atoms with van der Waals surface area (Å²) >= 11 is 0. The quantitative estimate of drug-likeness (QED) is 0.742. The zero-order valence-electron chi connectivity index (χ0n) is 8.97. The Morgan fingerprint density at radius 2 is 1.93 bits per heavy atom. The van der Waals surface area contributed by atoms with Crippen LogP contribution in [-0.4, -0.2) is 22.6 Å². The molecule has 0 aromatic heterocycles. The van der Waals surface area contributed by atoms with Crippen LogP contribution in [0.4, 0.5) is 0 Å². The normalized spacial score (nSPS) is 14.6. The van der Waals surface area contributed by atoms with Crippen LogP contribution < -0.4 is 0 Å². The van der Waals surface area contributed by atoms with Crippen molar-refractivity contribution >= 4 is 5.78 Å². The molecular formula is C12H16O3. The monoisotopic (exact) mass is 208 g/mol. The molecule has 2 unspecified atom stereocenters. The van der Waals surface area contributed by atoms with E-state index in [-0.39, 0.29) is 30.0 Å². The van der Waals surface area contributed by atoms with Gasteiger partial charge in [-0.1, -0.05) is 26.0 Å². The first kappa shape index (κ1) is 11.7. The van der Waals surface area contributed by atoms with Gasteiger partial charge in [0, 0.05) is 12.5 Å². The predicted octanol–water partition coefficient (Wildman–Crippen LogP) is 1.84. The molecule has 0 amide bonds. The van der Waals surface area contributed by atoms with Crippen molar-refractivity contribution in [3.63, 3.8) is 0 Å². The van der Waals surface area contributed by atoms with Gasteiger partial charge in [0.2, 0.25) is 0 Å². The predicted molar refractivity (Wildman–Crippen MR) is 57.9 cm³/mol. The highest BCUT2D eigenvalue weighted by Gasteiger charge is 2.22. The molecule has 1 aromatic rings. The molecule has 0 saturated heterocycles. The van der Waals surface area contributed by atoms with Crippen molar-refractivity contribution in [1.29, 1.82) is 0 Å². The van der Waals surface area contributed by atoms with Crippen molar-refractivity contribution < 1.29 is 15.0 Å². The van der Waals surface area contributed by atoms with Gasteiger partial charge in [0.25, 0.3) is 0 Å². The number of ketones is 1. The fraction of sp³-hybridized carbons (Fsp3) is 0.417. The Morgan fingerprint density at radius 3 is 2.47 bits per heavy atom. The maximum Gasteiger partial charge on any atom is 0.169 e. The lowest BCUT2D eigenvalue weighted by molar-refractivity contribution is 0.0849. The molecule has 2 atom stereocenters. The number of carbonyl (C=O) groups is 1. The Bertz CT molecular complexity index is 346. The van der Waals surface area contributed by atoms with E-state index in [1.54, 1.807) is 25.1 Å². The van der Waals surface area contributed by atoms with Crippen LogP contribution in [0.2, 0.25) is 0 Å². The van der Waals surface area contributed by atoms with Crippen LogP contribution in [0.1, 0.15) is 24.2 Å². The molecule has 0 spiro atoms. The van der Waals surface area contributed by atoms with E-state index < -0.39 is 0 Å². The van der Waals surface area contributed by atoms with E-state index in [1.807, 2.05) is 6.92 Å². The van der Waals surface area contributed by atoms with Gasteiger partial charge >= 0.3 is 0 Å². The number of aliphatic hydroxyl groups excluding tert-OH is 1. The molecule has 0 heterocycles. The number of carbonyl (C=O) groups excluding carboxylic acids is 1. The minimum atomic E-state index is -0.289. The summed E-state index contributed by atoms with van der Waals surface area (Å²) in [6.45, 7) is 3.54. The van der Waals surface area contributed by atoms with E-state index in [4.69, 9.17) is 5.11 Å². The lowest BCUT2D eigenvalue weighted by Crippen LogP contribution is -2.21. The first-order chi connectivity index (χ1) is 7.07. The minimum absolute atomic E-state index is 0.000472. The summed E-state index contributed by atoms with van der Waals surface area (Å²) in [6, 6.07) is 6.47. The summed E-state index contributed by atoms with van der Waals surface area (Å²) in [5.74, 6) is -0.519. The molecular weight excluding hydrogens is 192 g/mol. The molecule has 0 saturated carbocycles. The molecule has 15 heavy (non-hydrogen) atoms. The minimum Gasteiger partial charge on any atom is -0.507 e. The molecule has 3 heteroatoms. The molecule has 0 aliphatic heterocycles. The third kappa shape index (κ3) is 2.57. The van der Waals surface area contributed by atoms with Crippen molar-refractivity contribution in [1.82, 2.24) is 0 Å². The number of aliphatic hydroxyl groups is 1. The smallest absolute Gasteiger partial charge is 0.169 e. The molecule has 0 aliphatic carbocycles. The van der Waals surface area contributed by atoms with Gasteiger partial charge in [-0.3, -0.25) is 4.79 Å². The second-order valence-electron chi connectivity index (χ2n) is 3.83.